The highest BCUT2D eigenvalue weighted by atomic mass is 16.5. The van der Waals surface area contributed by atoms with Gasteiger partial charge in [0.05, 0.1) is 7.11 Å². The maximum atomic E-state index is 12.3. The number of carbonyl (C=O) groups is 1. The van der Waals surface area contributed by atoms with Crippen molar-refractivity contribution >= 4 is 11.9 Å². The van der Waals surface area contributed by atoms with Crippen LogP contribution < -0.4 is 15.0 Å². The number of carbonyl (C=O) groups excluding carboxylic acids is 1. The van der Waals surface area contributed by atoms with E-state index in [4.69, 9.17) is 9.26 Å². The van der Waals surface area contributed by atoms with Gasteiger partial charge in [-0.05, 0) is 50.5 Å². The standard InChI is InChI=1S/C19H26N4O3/c1-4-13(2)20-18(24)15-9-11-23(12-10-15)19-21-17(22-26-19)14-5-7-16(25-3)8-6-14/h5-8,13,15H,4,9-12H2,1-3H3,(H,20,24). The first-order valence-corrected chi connectivity index (χ1v) is 9.14. The molecule has 0 radical (unpaired) electrons. The molecule has 7 heteroatoms. The fraction of sp³-hybridized carbons (Fsp3) is 0.526. The van der Waals surface area contributed by atoms with Crippen LogP contribution in [0.1, 0.15) is 33.1 Å². The normalized spacial score (nSPS) is 16.3. The highest BCUT2D eigenvalue weighted by Gasteiger charge is 2.28. The largest absolute Gasteiger partial charge is 0.497 e. The van der Waals surface area contributed by atoms with Gasteiger partial charge in [0.2, 0.25) is 11.7 Å². The number of aromatic nitrogens is 2. The highest BCUT2D eigenvalue weighted by Crippen LogP contribution is 2.26. The molecule has 1 fully saturated rings. The Morgan fingerprint density at radius 3 is 2.65 bits per heavy atom. The van der Waals surface area contributed by atoms with Gasteiger partial charge in [-0.3, -0.25) is 4.79 Å². The third-order valence-corrected chi connectivity index (χ3v) is 4.90. The van der Waals surface area contributed by atoms with E-state index in [1.54, 1.807) is 7.11 Å². The maximum absolute atomic E-state index is 12.3. The van der Waals surface area contributed by atoms with Crippen LogP contribution in [0.4, 0.5) is 6.01 Å². The summed E-state index contributed by atoms with van der Waals surface area (Å²) in [6, 6.07) is 8.28. The lowest BCUT2D eigenvalue weighted by Crippen LogP contribution is -2.43. The summed E-state index contributed by atoms with van der Waals surface area (Å²) >= 11 is 0. The first kappa shape index (κ1) is 18.2. The summed E-state index contributed by atoms with van der Waals surface area (Å²) in [6.07, 6.45) is 2.53. The summed E-state index contributed by atoms with van der Waals surface area (Å²) in [6.45, 7) is 5.58. The van der Waals surface area contributed by atoms with E-state index in [1.165, 1.54) is 0 Å². The van der Waals surface area contributed by atoms with Gasteiger partial charge in [0.15, 0.2) is 0 Å². The Hall–Kier alpha value is -2.57. The van der Waals surface area contributed by atoms with E-state index in [9.17, 15) is 4.79 Å². The van der Waals surface area contributed by atoms with Crippen molar-refractivity contribution in [3.63, 3.8) is 0 Å². The molecule has 1 aromatic carbocycles. The second-order valence-electron chi connectivity index (χ2n) is 6.71. The molecule has 1 atom stereocenters. The molecule has 1 aliphatic rings. The first-order valence-electron chi connectivity index (χ1n) is 9.14. The van der Waals surface area contributed by atoms with Gasteiger partial charge in [-0.15, -0.1) is 0 Å². The van der Waals surface area contributed by atoms with Gasteiger partial charge in [-0.1, -0.05) is 12.1 Å². The number of hydrogen-bond acceptors (Lipinski definition) is 6. The monoisotopic (exact) mass is 358 g/mol. The second kappa shape index (κ2) is 8.21. The number of anilines is 1. The van der Waals surface area contributed by atoms with Crippen molar-refractivity contribution < 1.29 is 14.1 Å². The van der Waals surface area contributed by atoms with Gasteiger partial charge < -0.3 is 19.5 Å². The topological polar surface area (TPSA) is 80.5 Å². The summed E-state index contributed by atoms with van der Waals surface area (Å²) in [4.78, 5) is 18.8. The molecule has 0 spiro atoms. The number of rotatable bonds is 6. The van der Waals surface area contributed by atoms with Gasteiger partial charge in [0.1, 0.15) is 5.75 Å². The van der Waals surface area contributed by atoms with Gasteiger partial charge in [0.25, 0.3) is 0 Å². The number of hydrogen-bond donors (Lipinski definition) is 1. The zero-order chi connectivity index (χ0) is 18.5. The van der Waals surface area contributed by atoms with Gasteiger partial charge in [-0.25, -0.2) is 0 Å². The molecule has 0 saturated carbocycles. The van der Waals surface area contributed by atoms with E-state index in [0.717, 1.165) is 43.7 Å². The van der Waals surface area contributed by atoms with E-state index < -0.39 is 0 Å². The summed E-state index contributed by atoms with van der Waals surface area (Å²) in [5, 5.41) is 7.14. The Kier molecular flexibility index (Phi) is 5.75. The molecule has 140 valence electrons. The predicted molar refractivity (Wildman–Crippen MR) is 99.1 cm³/mol. The van der Waals surface area contributed by atoms with Crippen molar-refractivity contribution in [2.24, 2.45) is 5.92 Å². The molecule has 1 unspecified atom stereocenters. The quantitative estimate of drug-likeness (QED) is 0.855. The third kappa shape index (κ3) is 4.15. The number of methoxy groups -OCH3 is 1. The fourth-order valence-corrected chi connectivity index (χ4v) is 3.00. The van der Waals surface area contributed by atoms with Crippen LogP contribution in [-0.2, 0) is 4.79 Å². The molecule has 0 aliphatic carbocycles. The SMILES string of the molecule is CCC(C)NC(=O)C1CCN(c2nc(-c3ccc(OC)cc3)no2)CC1. The van der Waals surface area contributed by atoms with Crippen LogP contribution in [0.25, 0.3) is 11.4 Å². The molecule has 1 N–H and O–H groups in total. The average Bonchev–Trinajstić information content (AvgIpc) is 3.18. The molecule has 1 aliphatic heterocycles. The Balaban J connectivity index is 1.58. The van der Waals surface area contributed by atoms with Crippen LogP contribution in [-0.4, -0.2) is 42.3 Å². The van der Waals surface area contributed by atoms with Crippen molar-refractivity contribution in [1.29, 1.82) is 0 Å². The number of piperidine rings is 1. The minimum absolute atomic E-state index is 0.0595. The van der Waals surface area contributed by atoms with E-state index in [1.807, 2.05) is 36.1 Å². The molecular weight excluding hydrogens is 332 g/mol. The van der Waals surface area contributed by atoms with Gasteiger partial charge in [0, 0.05) is 30.6 Å². The smallest absolute Gasteiger partial charge is 0.324 e. The zero-order valence-electron chi connectivity index (χ0n) is 15.6. The van der Waals surface area contributed by atoms with Crippen molar-refractivity contribution in [2.45, 2.75) is 39.2 Å². The molecule has 26 heavy (non-hydrogen) atoms. The van der Waals surface area contributed by atoms with Crippen LogP contribution in [0.2, 0.25) is 0 Å². The van der Waals surface area contributed by atoms with E-state index in [0.29, 0.717) is 11.8 Å². The van der Waals surface area contributed by atoms with Crippen LogP contribution in [0.5, 0.6) is 5.75 Å². The number of nitrogens with one attached hydrogen (secondary N) is 1. The lowest BCUT2D eigenvalue weighted by atomic mass is 9.96. The van der Waals surface area contributed by atoms with E-state index >= 15 is 0 Å². The third-order valence-electron chi connectivity index (χ3n) is 4.90. The maximum Gasteiger partial charge on any atom is 0.324 e. The highest BCUT2D eigenvalue weighted by molar-refractivity contribution is 5.79. The number of ether oxygens (including phenoxy) is 1. The van der Waals surface area contributed by atoms with Crippen molar-refractivity contribution in [3.05, 3.63) is 24.3 Å². The average molecular weight is 358 g/mol. The Morgan fingerprint density at radius 2 is 2.04 bits per heavy atom. The zero-order valence-corrected chi connectivity index (χ0v) is 15.6. The molecule has 3 rings (SSSR count). The van der Waals surface area contributed by atoms with Crippen molar-refractivity contribution in [2.75, 3.05) is 25.1 Å². The Morgan fingerprint density at radius 1 is 1.35 bits per heavy atom. The summed E-state index contributed by atoms with van der Waals surface area (Å²) in [7, 11) is 1.63. The molecule has 1 amide bonds. The summed E-state index contributed by atoms with van der Waals surface area (Å²) in [5.74, 6) is 1.56. The van der Waals surface area contributed by atoms with E-state index in [2.05, 4.69) is 22.4 Å². The number of amides is 1. The Bertz CT molecular complexity index is 721. The fourth-order valence-electron chi connectivity index (χ4n) is 3.00. The second-order valence-corrected chi connectivity index (χ2v) is 6.71. The predicted octanol–water partition coefficient (Wildman–Crippen LogP) is 2.88. The molecule has 2 heterocycles. The minimum Gasteiger partial charge on any atom is -0.497 e. The van der Waals surface area contributed by atoms with Crippen LogP contribution >= 0.6 is 0 Å². The lowest BCUT2D eigenvalue weighted by molar-refractivity contribution is -0.126. The molecule has 1 aromatic heterocycles. The molecule has 0 bridgehead atoms. The minimum atomic E-state index is 0.0595. The van der Waals surface area contributed by atoms with Crippen LogP contribution in [0, 0.1) is 5.92 Å². The molecule has 7 nitrogen and oxygen atoms in total. The van der Waals surface area contributed by atoms with Crippen LogP contribution in [0.3, 0.4) is 0 Å². The molecule has 2 aromatic rings. The summed E-state index contributed by atoms with van der Waals surface area (Å²) in [5.41, 5.74) is 0.878. The van der Waals surface area contributed by atoms with E-state index in [-0.39, 0.29) is 17.9 Å². The summed E-state index contributed by atoms with van der Waals surface area (Å²) < 4.78 is 10.6. The van der Waals surface area contributed by atoms with Gasteiger partial charge in [-0.2, -0.15) is 4.98 Å². The lowest BCUT2D eigenvalue weighted by Gasteiger charge is -2.30. The first-order chi connectivity index (χ1) is 12.6. The molecule has 1 saturated heterocycles. The Labute approximate surface area is 153 Å². The number of nitrogens with zero attached hydrogens (tertiary/aromatic N) is 3. The van der Waals surface area contributed by atoms with Gasteiger partial charge >= 0.3 is 6.01 Å². The number of benzene rings is 1. The van der Waals surface area contributed by atoms with Crippen molar-refractivity contribution in [3.8, 4) is 17.1 Å². The molecular formula is C19H26N4O3. The van der Waals surface area contributed by atoms with Crippen molar-refractivity contribution in [1.82, 2.24) is 15.5 Å². The van der Waals surface area contributed by atoms with Crippen LogP contribution in [0.15, 0.2) is 28.8 Å².